The normalized spacial score (nSPS) is 15.1. The third-order valence-corrected chi connectivity index (χ3v) is 4.86. The standard InChI is InChI=1S/C20H31N3O2/c1-4-5-12-23(17(3)24)15-20(25)21-18-6-8-19(9-7-18)22-13-10-16(2)11-14-22/h6-9,16H,4-5,10-15H2,1-3H3,(H,21,25). The first-order valence-corrected chi connectivity index (χ1v) is 9.40. The molecule has 1 aliphatic heterocycles. The van der Waals surface area contributed by atoms with Gasteiger partial charge >= 0.3 is 0 Å². The minimum atomic E-state index is -0.147. The number of unbranched alkanes of at least 4 members (excludes halogenated alkanes) is 1. The molecule has 1 aromatic rings. The topological polar surface area (TPSA) is 52.7 Å². The van der Waals surface area contributed by atoms with Gasteiger partial charge in [-0.05, 0) is 49.4 Å². The monoisotopic (exact) mass is 345 g/mol. The maximum Gasteiger partial charge on any atom is 0.243 e. The van der Waals surface area contributed by atoms with E-state index < -0.39 is 0 Å². The van der Waals surface area contributed by atoms with Crippen LogP contribution in [0.4, 0.5) is 11.4 Å². The number of amides is 2. The molecule has 138 valence electrons. The molecule has 1 saturated heterocycles. The fourth-order valence-corrected chi connectivity index (χ4v) is 3.09. The molecule has 0 unspecified atom stereocenters. The zero-order chi connectivity index (χ0) is 18.2. The molecule has 0 atom stereocenters. The molecule has 1 heterocycles. The van der Waals surface area contributed by atoms with Gasteiger partial charge in [0.2, 0.25) is 11.8 Å². The summed E-state index contributed by atoms with van der Waals surface area (Å²) in [6.45, 7) is 8.82. The summed E-state index contributed by atoms with van der Waals surface area (Å²) in [5.41, 5.74) is 1.98. The lowest BCUT2D eigenvalue weighted by atomic mass is 9.99. The van der Waals surface area contributed by atoms with Crippen LogP contribution in [-0.2, 0) is 9.59 Å². The van der Waals surface area contributed by atoms with Gasteiger partial charge in [0.25, 0.3) is 0 Å². The molecule has 0 spiro atoms. The first kappa shape index (κ1) is 19.3. The van der Waals surface area contributed by atoms with E-state index in [-0.39, 0.29) is 18.4 Å². The molecule has 1 N–H and O–H groups in total. The smallest absolute Gasteiger partial charge is 0.243 e. The molecular formula is C20H31N3O2. The van der Waals surface area contributed by atoms with Crippen molar-refractivity contribution in [2.45, 2.75) is 46.5 Å². The van der Waals surface area contributed by atoms with Gasteiger partial charge in [0.05, 0.1) is 6.54 Å². The van der Waals surface area contributed by atoms with E-state index in [9.17, 15) is 9.59 Å². The van der Waals surface area contributed by atoms with Crippen LogP contribution in [0.25, 0.3) is 0 Å². The quantitative estimate of drug-likeness (QED) is 0.823. The van der Waals surface area contributed by atoms with Crippen LogP contribution >= 0.6 is 0 Å². The molecule has 2 rings (SSSR count). The summed E-state index contributed by atoms with van der Waals surface area (Å²) in [5, 5.41) is 2.89. The number of nitrogens with one attached hydrogen (secondary N) is 1. The highest BCUT2D eigenvalue weighted by Gasteiger charge is 2.16. The number of rotatable bonds is 7. The minimum Gasteiger partial charge on any atom is -0.372 e. The SMILES string of the molecule is CCCCN(CC(=O)Nc1ccc(N2CCC(C)CC2)cc1)C(C)=O. The molecule has 0 saturated carbocycles. The third-order valence-electron chi connectivity index (χ3n) is 4.86. The largest absolute Gasteiger partial charge is 0.372 e. The van der Waals surface area contributed by atoms with Crippen LogP contribution in [0, 0.1) is 5.92 Å². The van der Waals surface area contributed by atoms with E-state index in [4.69, 9.17) is 0 Å². The Morgan fingerprint density at radius 3 is 2.40 bits per heavy atom. The third kappa shape index (κ3) is 6.07. The van der Waals surface area contributed by atoms with E-state index in [2.05, 4.69) is 36.2 Å². The summed E-state index contributed by atoms with van der Waals surface area (Å²) in [6, 6.07) is 8.00. The summed E-state index contributed by atoms with van der Waals surface area (Å²) >= 11 is 0. The van der Waals surface area contributed by atoms with E-state index >= 15 is 0 Å². The van der Waals surface area contributed by atoms with Crippen LogP contribution < -0.4 is 10.2 Å². The molecule has 1 aliphatic rings. The van der Waals surface area contributed by atoms with Crippen molar-refractivity contribution in [3.8, 4) is 0 Å². The molecule has 0 bridgehead atoms. The van der Waals surface area contributed by atoms with Crippen molar-refractivity contribution in [3.63, 3.8) is 0 Å². The van der Waals surface area contributed by atoms with Crippen LogP contribution in [-0.4, -0.2) is 42.9 Å². The number of benzene rings is 1. The van der Waals surface area contributed by atoms with Crippen LogP contribution in [0.1, 0.15) is 46.5 Å². The van der Waals surface area contributed by atoms with Crippen molar-refractivity contribution in [2.24, 2.45) is 5.92 Å². The zero-order valence-electron chi connectivity index (χ0n) is 15.8. The molecule has 0 aromatic heterocycles. The molecule has 0 aliphatic carbocycles. The van der Waals surface area contributed by atoms with Gasteiger partial charge in [-0.25, -0.2) is 0 Å². The number of hydrogen-bond donors (Lipinski definition) is 1. The summed E-state index contributed by atoms with van der Waals surface area (Å²) in [4.78, 5) is 27.8. The van der Waals surface area contributed by atoms with E-state index in [0.717, 1.165) is 37.5 Å². The van der Waals surface area contributed by atoms with Gasteiger partial charge in [0, 0.05) is 37.9 Å². The fourth-order valence-electron chi connectivity index (χ4n) is 3.09. The molecule has 1 fully saturated rings. The van der Waals surface area contributed by atoms with Crippen LogP contribution in [0.3, 0.4) is 0 Å². The maximum absolute atomic E-state index is 12.2. The number of carbonyl (C=O) groups is 2. The molecule has 1 aromatic carbocycles. The van der Waals surface area contributed by atoms with Crippen molar-refractivity contribution in [1.82, 2.24) is 4.90 Å². The average Bonchev–Trinajstić information content (AvgIpc) is 2.60. The fraction of sp³-hybridized carbons (Fsp3) is 0.600. The average molecular weight is 345 g/mol. The van der Waals surface area contributed by atoms with Gasteiger partial charge in [-0.1, -0.05) is 20.3 Å². The Bertz CT molecular complexity index is 563. The van der Waals surface area contributed by atoms with Gasteiger partial charge < -0.3 is 15.1 Å². The second kappa shape index (κ2) is 9.44. The van der Waals surface area contributed by atoms with Crippen molar-refractivity contribution in [2.75, 3.05) is 36.4 Å². The van der Waals surface area contributed by atoms with E-state index in [1.54, 1.807) is 4.90 Å². The Hall–Kier alpha value is -2.04. The van der Waals surface area contributed by atoms with Gasteiger partial charge in [-0.15, -0.1) is 0 Å². The predicted molar refractivity (Wildman–Crippen MR) is 103 cm³/mol. The predicted octanol–water partition coefficient (Wildman–Crippen LogP) is 3.51. The molecule has 0 radical (unpaired) electrons. The number of anilines is 2. The molecule has 2 amide bonds. The summed E-state index contributed by atoms with van der Waals surface area (Å²) in [5.74, 6) is 0.607. The van der Waals surface area contributed by atoms with E-state index in [0.29, 0.717) is 6.54 Å². The molecule has 5 heteroatoms. The molecule has 5 nitrogen and oxygen atoms in total. The van der Waals surface area contributed by atoms with Gasteiger partial charge in [0.15, 0.2) is 0 Å². The number of nitrogens with zero attached hydrogens (tertiary/aromatic N) is 2. The van der Waals surface area contributed by atoms with Crippen molar-refractivity contribution in [1.29, 1.82) is 0 Å². The highest BCUT2D eigenvalue weighted by atomic mass is 16.2. The van der Waals surface area contributed by atoms with Crippen LogP contribution in [0.2, 0.25) is 0 Å². The van der Waals surface area contributed by atoms with Crippen LogP contribution in [0.5, 0.6) is 0 Å². The Labute approximate surface area is 151 Å². The summed E-state index contributed by atoms with van der Waals surface area (Å²) in [6.07, 6.45) is 4.38. The summed E-state index contributed by atoms with van der Waals surface area (Å²) in [7, 11) is 0. The Balaban J connectivity index is 1.87. The Kier molecular flexibility index (Phi) is 7.29. The molecule has 25 heavy (non-hydrogen) atoms. The Morgan fingerprint density at radius 2 is 1.84 bits per heavy atom. The maximum atomic E-state index is 12.2. The minimum absolute atomic E-state index is 0.0572. The second-order valence-corrected chi connectivity index (χ2v) is 7.06. The van der Waals surface area contributed by atoms with E-state index in [1.807, 2.05) is 12.1 Å². The van der Waals surface area contributed by atoms with Crippen molar-refractivity contribution >= 4 is 23.2 Å². The Morgan fingerprint density at radius 1 is 1.20 bits per heavy atom. The summed E-state index contributed by atoms with van der Waals surface area (Å²) < 4.78 is 0. The zero-order valence-corrected chi connectivity index (χ0v) is 15.8. The van der Waals surface area contributed by atoms with Gasteiger partial charge in [-0.3, -0.25) is 9.59 Å². The number of carbonyl (C=O) groups excluding carboxylic acids is 2. The lowest BCUT2D eigenvalue weighted by Gasteiger charge is -2.32. The highest BCUT2D eigenvalue weighted by molar-refractivity contribution is 5.94. The van der Waals surface area contributed by atoms with E-state index in [1.165, 1.54) is 25.5 Å². The van der Waals surface area contributed by atoms with Crippen molar-refractivity contribution in [3.05, 3.63) is 24.3 Å². The number of hydrogen-bond acceptors (Lipinski definition) is 3. The first-order chi connectivity index (χ1) is 12.0. The van der Waals surface area contributed by atoms with Gasteiger partial charge in [0.1, 0.15) is 0 Å². The first-order valence-electron chi connectivity index (χ1n) is 9.40. The molecular weight excluding hydrogens is 314 g/mol. The van der Waals surface area contributed by atoms with Gasteiger partial charge in [-0.2, -0.15) is 0 Å². The van der Waals surface area contributed by atoms with Crippen LogP contribution in [0.15, 0.2) is 24.3 Å². The number of piperidine rings is 1. The lowest BCUT2D eigenvalue weighted by Crippen LogP contribution is -2.37. The van der Waals surface area contributed by atoms with Crippen molar-refractivity contribution < 1.29 is 9.59 Å². The highest BCUT2D eigenvalue weighted by Crippen LogP contribution is 2.24. The lowest BCUT2D eigenvalue weighted by molar-refractivity contribution is -0.132. The second-order valence-electron chi connectivity index (χ2n) is 7.06.